The third-order valence-corrected chi connectivity index (χ3v) is 6.17. The summed E-state index contributed by atoms with van der Waals surface area (Å²) in [6.07, 6.45) is 0. The van der Waals surface area contributed by atoms with E-state index in [0.29, 0.717) is 0 Å². The number of nitrogens with two attached hydrogens (primary N) is 1. The van der Waals surface area contributed by atoms with E-state index in [2.05, 4.69) is 0 Å². The van der Waals surface area contributed by atoms with Crippen LogP contribution in [0.25, 0.3) is 11.1 Å². The quantitative estimate of drug-likeness (QED) is 0.435. The van der Waals surface area contributed by atoms with E-state index in [1.165, 1.54) is 47.9 Å². The van der Waals surface area contributed by atoms with E-state index >= 15 is 0 Å². The molecule has 5 nitrogen and oxygen atoms in total. The molecule has 1 heterocycles. The number of aromatic nitrogens is 2. The Morgan fingerprint density at radius 2 is 1.53 bits per heavy atom. The molecule has 0 saturated heterocycles. The molecule has 2 N–H and O–H groups in total. The maximum absolute atomic E-state index is 14.7. The van der Waals surface area contributed by atoms with Gasteiger partial charge in [0.2, 0.25) is 0 Å². The van der Waals surface area contributed by atoms with Crippen LogP contribution in [0.3, 0.4) is 0 Å². The van der Waals surface area contributed by atoms with E-state index in [1.54, 1.807) is 30.3 Å². The monoisotopic (exact) mass is 481 g/mol. The van der Waals surface area contributed by atoms with Crippen LogP contribution in [-0.4, -0.2) is 9.13 Å². The topological polar surface area (TPSA) is 70.0 Å². The molecule has 0 aliphatic carbocycles. The first-order valence-electron chi connectivity index (χ1n) is 10.6. The van der Waals surface area contributed by atoms with Gasteiger partial charge in [-0.3, -0.25) is 13.9 Å². The van der Waals surface area contributed by atoms with Gasteiger partial charge < -0.3 is 5.73 Å². The average Bonchev–Trinajstić information content (AvgIpc) is 2.83. The molecule has 34 heavy (non-hydrogen) atoms. The third-order valence-electron chi connectivity index (χ3n) is 5.82. The van der Waals surface area contributed by atoms with E-state index in [9.17, 15) is 18.4 Å². The first-order valence-corrected chi connectivity index (χ1v) is 11.0. The molecule has 8 heteroatoms. The van der Waals surface area contributed by atoms with Gasteiger partial charge in [0.05, 0.1) is 18.7 Å². The zero-order chi connectivity index (χ0) is 24.4. The second kappa shape index (κ2) is 9.75. The smallest absolute Gasteiger partial charge is 0.322 e. The second-order valence-corrected chi connectivity index (χ2v) is 8.35. The molecule has 0 saturated carbocycles. The van der Waals surface area contributed by atoms with E-state index in [-0.39, 0.29) is 40.5 Å². The summed E-state index contributed by atoms with van der Waals surface area (Å²) in [5.74, 6) is -1.21. The lowest BCUT2D eigenvalue weighted by molar-refractivity contribution is 0.503. The highest BCUT2D eigenvalue weighted by atomic mass is 35.5. The zero-order valence-corrected chi connectivity index (χ0v) is 19.1. The Kier molecular flexibility index (Phi) is 6.77. The number of benzene rings is 3. The second-order valence-electron chi connectivity index (χ2n) is 7.94. The molecule has 4 aromatic rings. The van der Waals surface area contributed by atoms with Crippen LogP contribution in [0.1, 0.15) is 22.9 Å². The fourth-order valence-corrected chi connectivity index (χ4v) is 4.19. The van der Waals surface area contributed by atoms with Crippen LogP contribution in [0.4, 0.5) is 8.78 Å². The minimum atomic E-state index is -0.687. The van der Waals surface area contributed by atoms with Crippen molar-refractivity contribution in [3.05, 3.63) is 127 Å². The molecule has 0 fully saturated rings. The van der Waals surface area contributed by atoms with Crippen LogP contribution >= 0.6 is 11.6 Å². The highest BCUT2D eigenvalue weighted by Crippen LogP contribution is 2.25. The van der Waals surface area contributed by atoms with Gasteiger partial charge in [0.25, 0.3) is 5.56 Å². The maximum Gasteiger partial charge on any atom is 0.331 e. The average molecular weight is 482 g/mol. The summed E-state index contributed by atoms with van der Waals surface area (Å²) in [5.41, 5.74) is 6.01. The lowest BCUT2D eigenvalue weighted by Gasteiger charge is -2.20. The van der Waals surface area contributed by atoms with E-state index in [0.717, 1.165) is 10.1 Å². The van der Waals surface area contributed by atoms with E-state index in [1.807, 2.05) is 6.07 Å². The predicted octanol–water partition coefficient (Wildman–Crippen LogP) is 4.67. The minimum Gasteiger partial charge on any atom is -0.322 e. The molecule has 0 radical (unpaired) electrons. The number of rotatable bonds is 6. The Bertz CT molecular complexity index is 1450. The Morgan fingerprint density at radius 1 is 0.882 bits per heavy atom. The van der Waals surface area contributed by atoms with Gasteiger partial charge in [-0.2, -0.15) is 0 Å². The SMILES string of the molecule is Cc1c(-c2ccccc2F)c(=O)n(C[C@H](N)c2ccccc2)c(=O)n1Cc1c(F)cccc1Cl. The van der Waals surface area contributed by atoms with E-state index in [4.69, 9.17) is 17.3 Å². The Hall–Kier alpha value is -3.55. The van der Waals surface area contributed by atoms with Gasteiger partial charge in [-0.25, -0.2) is 13.6 Å². The van der Waals surface area contributed by atoms with Crippen molar-refractivity contribution in [2.45, 2.75) is 26.1 Å². The van der Waals surface area contributed by atoms with Crippen molar-refractivity contribution < 1.29 is 8.78 Å². The normalized spacial score (nSPS) is 12.0. The summed E-state index contributed by atoms with van der Waals surface area (Å²) in [7, 11) is 0. The molecule has 0 spiro atoms. The maximum atomic E-state index is 14.7. The highest BCUT2D eigenvalue weighted by molar-refractivity contribution is 6.31. The first-order chi connectivity index (χ1) is 16.3. The summed E-state index contributed by atoms with van der Waals surface area (Å²) >= 11 is 6.20. The van der Waals surface area contributed by atoms with Gasteiger partial charge in [0, 0.05) is 27.9 Å². The van der Waals surface area contributed by atoms with Crippen LogP contribution in [-0.2, 0) is 13.1 Å². The summed E-state index contributed by atoms with van der Waals surface area (Å²) in [6.45, 7) is 1.15. The fourth-order valence-electron chi connectivity index (χ4n) is 3.97. The molecule has 3 aromatic carbocycles. The van der Waals surface area contributed by atoms with Gasteiger partial charge in [0.1, 0.15) is 11.6 Å². The minimum absolute atomic E-state index is 0.00502. The summed E-state index contributed by atoms with van der Waals surface area (Å²) in [5, 5.41) is 0.137. The highest BCUT2D eigenvalue weighted by Gasteiger charge is 2.22. The summed E-state index contributed by atoms with van der Waals surface area (Å²) in [4.78, 5) is 27.0. The molecule has 1 aromatic heterocycles. The van der Waals surface area contributed by atoms with Crippen LogP contribution in [0.5, 0.6) is 0 Å². The van der Waals surface area contributed by atoms with Crippen LogP contribution in [0.2, 0.25) is 5.02 Å². The molecule has 0 bridgehead atoms. The molecule has 0 aliphatic rings. The van der Waals surface area contributed by atoms with Crippen molar-refractivity contribution in [2.24, 2.45) is 5.73 Å². The molecule has 0 aliphatic heterocycles. The van der Waals surface area contributed by atoms with Crippen molar-refractivity contribution in [1.29, 1.82) is 0 Å². The largest absolute Gasteiger partial charge is 0.331 e. The Labute approximate surface area is 199 Å². The molecular weight excluding hydrogens is 460 g/mol. The van der Waals surface area contributed by atoms with Crippen molar-refractivity contribution >= 4 is 11.6 Å². The number of hydrogen-bond donors (Lipinski definition) is 1. The van der Waals surface area contributed by atoms with E-state index < -0.39 is 28.9 Å². The molecule has 174 valence electrons. The van der Waals surface area contributed by atoms with Gasteiger partial charge in [-0.05, 0) is 30.7 Å². The van der Waals surface area contributed by atoms with Crippen molar-refractivity contribution in [3.63, 3.8) is 0 Å². The summed E-state index contributed by atoms with van der Waals surface area (Å²) < 4.78 is 31.5. The van der Waals surface area contributed by atoms with Crippen LogP contribution in [0, 0.1) is 18.6 Å². The van der Waals surface area contributed by atoms with Crippen molar-refractivity contribution in [2.75, 3.05) is 0 Å². The number of hydrogen-bond acceptors (Lipinski definition) is 3. The first kappa shape index (κ1) is 23.6. The fraction of sp³-hybridized carbons (Fsp3) is 0.154. The molecule has 0 unspecified atom stereocenters. The Balaban J connectivity index is 1.95. The lowest BCUT2D eigenvalue weighted by Crippen LogP contribution is -2.44. The van der Waals surface area contributed by atoms with Crippen molar-refractivity contribution in [3.8, 4) is 11.1 Å². The zero-order valence-electron chi connectivity index (χ0n) is 18.3. The third kappa shape index (κ3) is 4.44. The molecule has 1 atom stereocenters. The summed E-state index contributed by atoms with van der Waals surface area (Å²) in [6, 6.07) is 18.4. The molecule has 4 rings (SSSR count). The lowest BCUT2D eigenvalue weighted by atomic mass is 10.0. The number of nitrogens with zero attached hydrogens (tertiary/aromatic N) is 2. The van der Waals surface area contributed by atoms with Crippen molar-refractivity contribution in [1.82, 2.24) is 9.13 Å². The molecular formula is C26H22ClF2N3O2. The van der Waals surface area contributed by atoms with Crippen LogP contribution < -0.4 is 17.0 Å². The van der Waals surface area contributed by atoms with Gasteiger partial charge in [-0.1, -0.05) is 66.2 Å². The predicted molar refractivity (Wildman–Crippen MR) is 129 cm³/mol. The Morgan fingerprint density at radius 3 is 2.21 bits per heavy atom. The standard InChI is InChI=1S/C26H22ClF2N3O2/c1-16-24(18-10-5-6-12-21(18)28)25(33)32(15-23(30)17-8-3-2-4-9-17)26(34)31(16)14-19-20(27)11-7-13-22(19)29/h2-13,23H,14-15,30H2,1H3/t23-/m0/s1. The number of halogens is 3. The van der Waals surface area contributed by atoms with Gasteiger partial charge >= 0.3 is 5.69 Å². The van der Waals surface area contributed by atoms with Gasteiger partial charge in [0.15, 0.2) is 0 Å². The van der Waals surface area contributed by atoms with Gasteiger partial charge in [-0.15, -0.1) is 0 Å². The molecule has 0 amide bonds. The van der Waals surface area contributed by atoms with Crippen LogP contribution in [0.15, 0.2) is 82.4 Å².